The fourth-order valence-electron chi connectivity index (χ4n) is 2.97. The van der Waals surface area contributed by atoms with Gasteiger partial charge in [-0.2, -0.15) is 0 Å². The van der Waals surface area contributed by atoms with Gasteiger partial charge in [0.05, 0.1) is 18.9 Å². The molecule has 2 aromatic heterocycles. The SMILES string of the molecule is Cc1ccc2c(c1)oc1c(C)nc(N3CCOCC3)cc12. The van der Waals surface area contributed by atoms with Crippen molar-refractivity contribution in [2.45, 2.75) is 13.8 Å². The summed E-state index contributed by atoms with van der Waals surface area (Å²) in [6.07, 6.45) is 0. The average Bonchev–Trinajstić information content (AvgIpc) is 2.86. The predicted molar refractivity (Wildman–Crippen MR) is 84.0 cm³/mol. The van der Waals surface area contributed by atoms with Crippen LogP contribution in [0.1, 0.15) is 11.3 Å². The Morgan fingerprint density at radius 3 is 2.67 bits per heavy atom. The molecule has 0 saturated carbocycles. The second kappa shape index (κ2) is 4.74. The first-order chi connectivity index (χ1) is 10.2. The minimum atomic E-state index is 0.768. The van der Waals surface area contributed by atoms with Crippen LogP contribution in [0.25, 0.3) is 21.9 Å². The van der Waals surface area contributed by atoms with Crippen LogP contribution in [0.5, 0.6) is 0 Å². The number of fused-ring (bicyclic) bond motifs is 3. The van der Waals surface area contributed by atoms with Gasteiger partial charge >= 0.3 is 0 Å². The lowest BCUT2D eigenvalue weighted by molar-refractivity contribution is 0.122. The lowest BCUT2D eigenvalue weighted by Gasteiger charge is -2.28. The number of aromatic nitrogens is 1. The molecule has 108 valence electrons. The molecular weight excluding hydrogens is 264 g/mol. The molecule has 1 fully saturated rings. The topological polar surface area (TPSA) is 38.5 Å². The van der Waals surface area contributed by atoms with Crippen LogP contribution in [-0.2, 0) is 4.74 Å². The van der Waals surface area contributed by atoms with Gasteiger partial charge in [0.1, 0.15) is 11.4 Å². The Balaban J connectivity index is 1.92. The summed E-state index contributed by atoms with van der Waals surface area (Å²) in [5, 5.41) is 2.31. The highest BCUT2D eigenvalue weighted by atomic mass is 16.5. The number of nitrogens with zero attached hydrogens (tertiary/aromatic N) is 2. The predicted octanol–water partition coefficient (Wildman–Crippen LogP) is 3.43. The van der Waals surface area contributed by atoms with E-state index in [1.165, 1.54) is 5.56 Å². The van der Waals surface area contributed by atoms with Gasteiger partial charge in [-0.1, -0.05) is 12.1 Å². The number of morpholine rings is 1. The van der Waals surface area contributed by atoms with Crippen LogP contribution in [0.3, 0.4) is 0 Å². The zero-order chi connectivity index (χ0) is 14.4. The molecule has 3 heterocycles. The van der Waals surface area contributed by atoms with Crippen molar-refractivity contribution in [3.63, 3.8) is 0 Å². The minimum Gasteiger partial charge on any atom is -0.454 e. The van der Waals surface area contributed by atoms with E-state index in [9.17, 15) is 0 Å². The zero-order valence-electron chi connectivity index (χ0n) is 12.3. The van der Waals surface area contributed by atoms with Crippen LogP contribution in [0.15, 0.2) is 28.7 Å². The molecule has 0 spiro atoms. The maximum atomic E-state index is 6.00. The summed E-state index contributed by atoms with van der Waals surface area (Å²) in [6.45, 7) is 7.42. The Kier molecular flexibility index (Phi) is 2.86. The van der Waals surface area contributed by atoms with Crippen molar-refractivity contribution >= 4 is 27.8 Å². The third kappa shape index (κ3) is 2.07. The first kappa shape index (κ1) is 12.7. The van der Waals surface area contributed by atoms with E-state index in [0.717, 1.165) is 59.8 Å². The van der Waals surface area contributed by atoms with Crippen LogP contribution >= 0.6 is 0 Å². The molecule has 3 aromatic rings. The van der Waals surface area contributed by atoms with E-state index in [4.69, 9.17) is 14.1 Å². The lowest BCUT2D eigenvalue weighted by atomic mass is 10.1. The number of aryl methyl sites for hydroxylation is 2. The number of hydrogen-bond donors (Lipinski definition) is 0. The maximum Gasteiger partial charge on any atom is 0.156 e. The third-order valence-corrected chi connectivity index (χ3v) is 4.10. The second-order valence-corrected chi connectivity index (χ2v) is 5.64. The van der Waals surface area contributed by atoms with Crippen molar-refractivity contribution in [3.8, 4) is 0 Å². The second-order valence-electron chi connectivity index (χ2n) is 5.64. The molecule has 0 amide bonds. The van der Waals surface area contributed by atoms with Gasteiger partial charge in [-0.15, -0.1) is 0 Å². The molecule has 1 aromatic carbocycles. The van der Waals surface area contributed by atoms with Crippen molar-refractivity contribution in [1.29, 1.82) is 0 Å². The molecule has 4 heteroatoms. The number of benzene rings is 1. The standard InChI is InChI=1S/C17H18N2O2/c1-11-3-4-13-14-10-16(19-5-7-20-8-6-19)18-12(2)17(14)21-15(13)9-11/h3-4,9-10H,5-8H2,1-2H3. The molecule has 4 rings (SSSR count). The number of ether oxygens (including phenoxy) is 1. The first-order valence-electron chi connectivity index (χ1n) is 7.35. The van der Waals surface area contributed by atoms with E-state index < -0.39 is 0 Å². The molecule has 1 saturated heterocycles. The first-order valence-corrected chi connectivity index (χ1v) is 7.35. The number of anilines is 1. The van der Waals surface area contributed by atoms with Crippen molar-refractivity contribution < 1.29 is 9.15 Å². The zero-order valence-corrected chi connectivity index (χ0v) is 12.3. The molecule has 21 heavy (non-hydrogen) atoms. The minimum absolute atomic E-state index is 0.768. The molecule has 0 unspecified atom stereocenters. The monoisotopic (exact) mass is 282 g/mol. The van der Waals surface area contributed by atoms with Crippen LogP contribution in [-0.4, -0.2) is 31.3 Å². The molecule has 1 aliphatic heterocycles. The third-order valence-electron chi connectivity index (χ3n) is 4.10. The Morgan fingerprint density at radius 2 is 1.86 bits per heavy atom. The van der Waals surface area contributed by atoms with E-state index in [0.29, 0.717) is 0 Å². The van der Waals surface area contributed by atoms with Crippen molar-refractivity contribution in [1.82, 2.24) is 4.98 Å². The molecule has 1 aliphatic rings. The number of rotatable bonds is 1. The number of pyridine rings is 1. The van der Waals surface area contributed by atoms with Gasteiger partial charge in [0.2, 0.25) is 0 Å². The van der Waals surface area contributed by atoms with E-state index >= 15 is 0 Å². The molecule has 0 N–H and O–H groups in total. The summed E-state index contributed by atoms with van der Waals surface area (Å²) in [4.78, 5) is 7.00. The summed E-state index contributed by atoms with van der Waals surface area (Å²) in [6, 6.07) is 8.50. The maximum absolute atomic E-state index is 6.00. The average molecular weight is 282 g/mol. The van der Waals surface area contributed by atoms with E-state index in [-0.39, 0.29) is 0 Å². The summed E-state index contributed by atoms with van der Waals surface area (Å²) in [5.41, 5.74) is 3.99. The molecular formula is C17H18N2O2. The van der Waals surface area contributed by atoms with Crippen LogP contribution in [0.4, 0.5) is 5.82 Å². The van der Waals surface area contributed by atoms with Crippen molar-refractivity contribution in [3.05, 3.63) is 35.5 Å². The van der Waals surface area contributed by atoms with Crippen molar-refractivity contribution in [2.75, 3.05) is 31.2 Å². The van der Waals surface area contributed by atoms with E-state index in [1.54, 1.807) is 0 Å². The van der Waals surface area contributed by atoms with Gasteiger partial charge in [0, 0.05) is 23.9 Å². The normalized spacial score (nSPS) is 16.0. The fraction of sp³-hybridized carbons (Fsp3) is 0.353. The summed E-state index contributed by atoms with van der Waals surface area (Å²) in [5.74, 6) is 1.02. The number of furan rings is 1. The lowest BCUT2D eigenvalue weighted by Crippen LogP contribution is -2.36. The molecule has 4 nitrogen and oxygen atoms in total. The smallest absolute Gasteiger partial charge is 0.156 e. The Morgan fingerprint density at radius 1 is 1.05 bits per heavy atom. The Labute approximate surface area is 123 Å². The highest BCUT2D eigenvalue weighted by Gasteiger charge is 2.17. The van der Waals surface area contributed by atoms with Gasteiger partial charge in [-0.05, 0) is 31.5 Å². The molecule has 0 radical (unpaired) electrons. The molecule has 0 atom stereocenters. The highest BCUT2D eigenvalue weighted by molar-refractivity contribution is 6.06. The van der Waals surface area contributed by atoms with Gasteiger partial charge < -0.3 is 14.1 Å². The van der Waals surface area contributed by atoms with Crippen LogP contribution < -0.4 is 4.90 Å². The summed E-state index contributed by atoms with van der Waals surface area (Å²) < 4.78 is 11.4. The van der Waals surface area contributed by atoms with Gasteiger partial charge in [0.25, 0.3) is 0 Å². The quantitative estimate of drug-likeness (QED) is 0.685. The molecule has 0 aliphatic carbocycles. The van der Waals surface area contributed by atoms with Gasteiger partial charge in [-0.3, -0.25) is 0 Å². The van der Waals surface area contributed by atoms with Crippen molar-refractivity contribution in [2.24, 2.45) is 0 Å². The van der Waals surface area contributed by atoms with Crippen LogP contribution in [0, 0.1) is 13.8 Å². The fourth-order valence-corrected chi connectivity index (χ4v) is 2.97. The Bertz CT molecular complexity index is 816. The molecule has 0 bridgehead atoms. The number of hydrogen-bond acceptors (Lipinski definition) is 4. The summed E-state index contributed by atoms with van der Waals surface area (Å²) in [7, 11) is 0. The van der Waals surface area contributed by atoms with Crippen LogP contribution in [0.2, 0.25) is 0 Å². The largest absolute Gasteiger partial charge is 0.454 e. The summed E-state index contributed by atoms with van der Waals surface area (Å²) >= 11 is 0. The van der Waals surface area contributed by atoms with E-state index in [2.05, 4.69) is 36.1 Å². The van der Waals surface area contributed by atoms with Gasteiger partial charge in [0.15, 0.2) is 5.58 Å². The van der Waals surface area contributed by atoms with Gasteiger partial charge in [-0.25, -0.2) is 4.98 Å². The Hall–Kier alpha value is -2.07. The van der Waals surface area contributed by atoms with E-state index in [1.807, 2.05) is 6.92 Å². The highest BCUT2D eigenvalue weighted by Crippen LogP contribution is 2.33.